The van der Waals surface area contributed by atoms with Gasteiger partial charge in [0.2, 0.25) is 10.0 Å². The summed E-state index contributed by atoms with van der Waals surface area (Å²) in [6.45, 7) is 2.03. The van der Waals surface area contributed by atoms with Gasteiger partial charge in [0.15, 0.2) is 0 Å². The van der Waals surface area contributed by atoms with E-state index in [1.54, 1.807) is 28.6 Å². The standard InChI is InChI=1S/C21H19NO2S/c1-16-12-14-18(15-13-16)21-20(17-8-4-2-5-9-17)22(21)25(23,24)19-10-6-3-7-11-19/h2-15,20-21H,1H3/t20-,21-,22?/m0/s1. The fourth-order valence-electron chi connectivity index (χ4n) is 3.30. The van der Waals surface area contributed by atoms with Gasteiger partial charge in [-0.15, -0.1) is 0 Å². The number of hydrogen-bond donors (Lipinski definition) is 0. The van der Waals surface area contributed by atoms with Crippen LogP contribution >= 0.6 is 0 Å². The predicted molar refractivity (Wildman–Crippen MR) is 98.6 cm³/mol. The van der Waals surface area contributed by atoms with Crippen LogP contribution in [0.3, 0.4) is 0 Å². The molecule has 126 valence electrons. The van der Waals surface area contributed by atoms with Crippen LogP contribution in [0.5, 0.6) is 0 Å². The fraction of sp³-hybridized carbons (Fsp3) is 0.143. The second-order valence-corrected chi connectivity index (χ2v) is 8.20. The lowest BCUT2D eigenvalue weighted by Crippen LogP contribution is -2.13. The minimum absolute atomic E-state index is 0.158. The zero-order valence-corrected chi connectivity index (χ0v) is 14.7. The molecule has 0 bridgehead atoms. The van der Waals surface area contributed by atoms with Crippen LogP contribution in [-0.4, -0.2) is 12.7 Å². The molecular formula is C21H19NO2S. The first-order valence-electron chi connectivity index (χ1n) is 8.29. The monoisotopic (exact) mass is 349 g/mol. The van der Waals surface area contributed by atoms with Crippen LogP contribution in [0, 0.1) is 6.92 Å². The van der Waals surface area contributed by atoms with E-state index in [0.29, 0.717) is 4.90 Å². The quantitative estimate of drug-likeness (QED) is 0.651. The summed E-state index contributed by atoms with van der Waals surface area (Å²) in [6.07, 6.45) is 0. The first-order chi connectivity index (χ1) is 12.1. The number of sulfonamides is 1. The van der Waals surface area contributed by atoms with Gasteiger partial charge in [0, 0.05) is 0 Å². The third-order valence-corrected chi connectivity index (χ3v) is 6.51. The Labute approximate surface area is 148 Å². The van der Waals surface area contributed by atoms with Gasteiger partial charge in [0.05, 0.1) is 17.0 Å². The van der Waals surface area contributed by atoms with E-state index in [1.165, 1.54) is 0 Å². The largest absolute Gasteiger partial charge is 0.244 e. The van der Waals surface area contributed by atoms with Crippen molar-refractivity contribution in [1.29, 1.82) is 0 Å². The number of nitrogens with zero attached hydrogens (tertiary/aromatic N) is 1. The van der Waals surface area contributed by atoms with Gasteiger partial charge < -0.3 is 0 Å². The third kappa shape index (κ3) is 2.88. The molecule has 1 unspecified atom stereocenters. The van der Waals surface area contributed by atoms with Gasteiger partial charge in [0.1, 0.15) is 0 Å². The van der Waals surface area contributed by atoms with Gasteiger partial charge in [-0.25, -0.2) is 8.42 Å². The molecule has 3 nitrogen and oxygen atoms in total. The van der Waals surface area contributed by atoms with E-state index in [-0.39, 0.29) is 12.1 Å². The van der Waals surface area contributed by atoms with Crippen LogP contribution in [0.2, 0.25) is 0 Å². The highest BCUT2D eigenvalue weighted by atomic mass is 32.2. The van der Waals surface area contributed by atoms with E-state index in [0.717, 1.165) is 16.7 Å². The summed E-state index contributed by atoms with van der Waals surface area (Å²) in [5.41, 5.74) is 3.21. The molecule has 4 rings (SSSR count). The normalized spacial score (nSPS) is 22.5. The molecule has 1 fully saturated rings. The molecule has 1 heterocycles. The predicted octanol–water partition coefficient (Wildman–Crippen LogP) is 4.48. The van der Waals surface area contributed by atoms with Gasteiger partial charge in [0.25, 0.3) is 0 Å². The Morgan fingerprint density at radius 2 is 1.16 bits per heavy atom. The van der Waals surface area contributed by atoms with Gasteiger partial charge in [-0.1, -0.05) is 78.4 Å². The molecule has 0 radical (unpaired) electrons. The molecule has 0 aliphatic carbocycles. The Morgan fingerprint density at radius 1 is 0.680 bits per heavy atom. The Bertz CT molecular complexity index is 967. The van der Waals surface area contributed by atoms with Crippen molar-refractivity contribution in [2.75, 3.05) is 0 Å². The van der Waals surface area contributed by atoms with E-state index >= 15 is 0 Å². The number of benzene rings is 3. The molecule has 25 heavy (non-hydrogen) atoms. The zero-order valence-electron chi connectivity index (χ0n) is 13.9. The minimum atomic E-state index is -3.54. The smallest absolute Gasteiger partial charge is 0.207 e. The highest BCUT2D eigenvalue weighted by Gasteiger charge is 2.56. The highest BCUT2D eigenvalue weighted by molar-refractivity contribution is 7.89. The van der Waals surface area contributed by atoms with Crippen molar-refractivity contribution in [2.45, 2.75) is 23.9 Å². The van der Waals surface area contributed by atoms with E-state index in [1.807, 2.05) is 67.6 Å². The SMILES string of the molecule is Cc1ccc([C@H]2[C@H](c3ccccc3)N2S(=O)(=O)c2ccccc2)cc1. The molecule has 4 heteroatoms. The molecule has 3 aromatic rings. The zero-order chi connectivity index (χ0) is 17.4. The number of aryl methyl sites for hydroxylation is 1. The lowest BCUT2D eigenvalue weighted by molar-refractivity contribution is 0.547. The van der Waals surface area contributed by atoms with Crippen molar-refractivity contribution in [3.8, 4) is 0 Å². The maximum atomic E-state index is 13.2. The molecule has 0 aromatic heterocycles. The molecule has 3 aromatic carbocycles. The van der Waals surface area contributed by atoms with Crippen LogP contribution in [0.1, 0.15) is 28.8 Å². The van der Waals surface area contributed by atoms with E-state index in [4.69, 9.17) is 0 Å². The highest BCUT2D eigenvalue weighted by Crippen LogP contribution is 2.57. The molecule has 0 amide bonds. The Balaban J connectivity index is 1.77. The average Bonchev–Trinajstić information content (AvgIpc) is 3.40. The van der Waals surface area contributed by atoms with Gasteiger partial charge >= 0.3 is 0 Å². The van der Waals surface area contributed by atoms with Gasteiger partial charge in [-0.2, -0.15) is 4.31 Å². The van der Waals surface area contributed by atoms with Crippen LogP contribution in [0.25, 0.3) is 0 Å². The Kier molecular flexibility index (Phi) is 3.94. The van der Waals surface area contributed by atoms with Crippen LogP contribution in [-0.2, 0) is 10.0 Å². The molecule has 0 spiro atoms. The molecular weight excluding hydrogens is 330 g/mol. The van der Waals surface area contributed by atoms with Crippen molar-refractivity contribution < 1.29 is 8.42 Å². The minimum Gasteiger partial charge on any atom is -0.207 e. The maximum absolute atomic E-state index is 13.2. The maximum Gasteiger partial charge on any atom is 0.244 e. The Morgan fingerprint density at radius 3 is 1.72 bits per heavy atom. The van der Waals surface area contributed by atoms with Crippen molar-refractivity contribution in [1.82, 2.24) is 4.31 Å². The molecule has 1 saturated heterocycles. The molecule has 3 atom stereocenters. The summed E-state index contributed by atoms with van der Waals surface area (Å²) in [5, 5.41) is 0. The molecule has 0 saturated carbocycles. The van der Waals surface area contributed by atoms with E-state index in [9.17, 15) is 8.42 Å². The molecule has 1 aliphatic rings. The topological polar surface area (TPSA) is 37.1 Å². The summed E-state index contributed by atoms with van der Waals surface area (Å²) in [7, 11) is -3.54. The van der Waals surface area contributed by atoms with Crippen molar-refractivity contribution in [2.24, 2.45) is 0 Å². The lowest BCUT2D eigenvalue weighted by atomic mass is 10.0. The summed E-state index contributed by atoms with van der Waals surface area (Å²) in [4.78, 5) is 0.338. The van der Waals surface area contributed by atoms with Crippen LogP contribution in [0.4, 0.5) is 0 Å². The van der Waals surface area contributed by atoms with E-state index < -0.39 is 10.0 Å². The van der Waals surface area contributed by atoms with Gasteiger partial charge in [-0.05, 0) is 30.2 Å². The molecule has 1 aliphatic heterocycles. The Hall–Kier alpha value is -2.43. The van der Waals surface area contributed by atoms with Crippen molar-refractivity contribution in [3.63, 3.8) is 0 Å². The summed E-state index contributed by atoms with van der Waals surface area (Å²) in [6, 6.07) is 26.3. The summed E-state index contributed by atoms with van der Waals surface area (Å²) >= 11 is 0. The fourth-order valence-corrected chi connectivity index (χ4v) is 5.06. The molecule has 0 N–H and O–H groups in total. The third-order valence-electron chi connectivity index (χ3n) is 4.64. The number of rotatable bonds is 4. The first kappa shape index (κ1) is 16.1. The second-order valence-electron chi connectivity index (χ2n) is 6.36. The van der Waals surface area contributed by atoms with Crippen molar-refractivity contribution >= 4 is 10.0 Å². The van der Waals surface area contributed by atoms with E-state index in [2.05, 4.69) is 0 Å². The first-order valence-corrected chi connectivity index (χ1v) is 9.73. The number of hydrogen-bond acceptors (Lipinski definition) is 2. The van der Waals surface area contributed by atoms with Crippen LogP contribution < -0.4 is 0 Å². The summed E-state index contributed by atoms with van der Waals surface area (Å²) in [5.74, 6) is 0. The van der Waals surface area contributed by atoms with Crippen molar-refractivity contribution in [3.05, 3.63) is 102 Å². The van der Waals surface area contributed by atoms with Crippen LogP contribution in [0.15, 0.2) is 89.8 Å². The van der Waals surface area contributed by atoms with Gasteiger partial charge in [-0.3, -0.25) is 0 Å². The lowest BCUT2D eigenvalue weighted by Gasteiger charge is -2.07. The second kappa shape index (κ2) is 6.14. The average molecular weight is 349 g/mol. The summed E-state index contributed by atoms with van der Waals surface area (Å²) < 4.78 is 27.9.